The van der Waals surface area contributed by atoms with Gasteiger partial charge in [-0.05, 0) is 37.1 Å². The number of hydrogen-bond acceptors (Lipinski definition) is 5. The van der Waals surface area contributed by atoms with Gasteiger partial charge in [0.15, 0.2) is 0 Å². The van der Waals surface area contributed by atoms with Gasteiger partial charge >= 0.3 is 0 Å². The molecule has 1 saturated carbocycles. The predicted octanol–water partition coefficient (Wildman–Crippen LogP) is 2.22. The van der Waals surface area contributed by atoms with Gasteiger partial charge in [0.25, 0.3) is 10.0 Å². The fourth-order valence-corrected chi connectivity index (χ4v) is 3.11. The molecule has 2 aromatic rings. The standard InChI is InChI=1S/C15H18N4O2S/c1-19(2)13-5-7-14(8-6-13)22(20,21)18-12-9-16-15(17-10-12)11-3-4-11/h5-11,18H,3-4H2,1-2H3. The van der Waals surface area contributed by atoms with Gasteiger partial charge in [-0.3, -0.25) is 4.72 Å². The van der Waals surface area contributed by atoms with Crippen molar-refractivity contribution in [1.29, 1.82) is 0 Å². The Labute approximate surface area is 130 Å². The van der Waals surface area contributed by atoms with Crippen LogP contribution in [0.15, 0.2) is 41.6 Å². The lowest BCUT2D eigenvalue weighted by atomic mass is 10.3. The smallest absolute Gasteiger partial charge is 0.261 e. The van der Waals surface area contributed by atoms with Crippen LogP contribution >= 0.6 is 0 Å². The number of benzene rings is 1. The molecule has 7 heteroatoms. The number of hydrogen-bond donors (Lipinski definition) is 1. The second-order valence-corrected chi connectivity index (χ2v) is 7.28. The summed E-state index contributed by atoms with van der Waals surface area (Å²) < 4.78 is 27.2. The molecule has 0 unspecified atom stereocenters. The number of aromatic nitrogens is 2. The van der Waals surface area contributed by atoms with Gasteiger partial charge in [0.05, 0.1) is 23.0 Å². The highest BCUT2D eigenvalue weighted by atomic mass is 32.2. The lowest BCUT2D eigenvalue weighted by Gasteiger charge is -2.13. The molecule has 0 bridgehead atoms. The van der Waals surface area contributed by atoms with Gasteiger partial charge in [-0.15, -0.1) is 0 Å². The Bertz CT molecular complexity index is 751. The molecule has 1 N–H and O–H groups in total. The van der Waals surface area contributed by atoms with Crippen LogP contribution in [0.4, 0.5) is 11.4 Å². The van der Waals surface area contributed by atoms with Gasteiger partial charge < -0.3 is 4.90 Å². The van der Waals surface area contributed by atoms with Gasteiger partial charge in [0.2, 0.25) is 0 Å². The number of rotatable bonds is 5. The molecular formula is C15H18N4O2S. The van der Waals surface area contributed by atoms with Crippen molar-refractivity contribution in [2.45, 2.75) is 23.7 Å². The number of nitrogens with one attached hydrogen (secondary N) is 1. The van der Waals surface area contributed by atoms with E-state index in [2.05, 4.69) is 14.7 Å². The maximum absolute atomic E-state index is 12.3. The third kappa shape index (κ3) is 3.19. The minimum absolute atomic E-state index is 0.212. The fourth-order valence-electron chi connectivity index (χ4n) is 2.08. The van der Waals surface area contributed by atoms with Crippen molar-refractivity contribution in [1.82, 2.24) is 9.97 Å². The van der Waals surface area contributed by atoms with Gasteiger partial charge in [-0.1, -0.05) is 0 Å². The molecule has 6 nitrogen and oxygen atoms in total. The monoisotopic (exact) mass is 318 g/mol. The third-order valence-electron chi connectivity index (χ3n) is 3.53. The van der Waals surface area contributed by atoms with Crippen LogP contribution in [-0.4, -0.2) is 32.5 Å². The van der Waals surface area contributed by atoms with E-state index < -0.39 is 10.0 Å². The Morgan fingerprint density at radius 2 is 1.68 bits per heavy atom. The average molecular weight is 318 g/mol. The van der Waals surface area contributed by atoms with Crippen molar-refractivity contribution in [2.75, 3.05) is 23.7 Å². The molecule has 0 atom stereocenters. The number of nitrogens with zero attached hydrogens (tertiary/aromatic N) is 3. The zero-order valence-electron chi connectivity index (χ0n) is 12.5. The van der Waals surface area contributed by atoms with Crippen molar-refractivity contribution < 1.29 is 8.42 Å². The largest absolute Gasteiger partial charge is 0.378 e. The van der Waals surface area contributed by atoms with E-state index in [1.54, 1.807) is 24.3 Å². The molecule has 1 aliphatic rings. The SMILES string of the molecule is CN(C)c1ccc(S(=O)(=O)Nc2cnc(C3CC3)nc2)cc1. The first-order valence-corrected chi connectivity index (χ1v) is 8.56. The van der Waals surface area contributed by atoms with Crippen LogP contribution in [0.5, 0.6) is 0 Å². The predicted molar refractivity (Wildman–Crippen MR) is 85.6 cm³/mol. The molecule has 0 aliphatic heterocycles. The highest BCUT2D eigenvalue weighted by Crippen LogP contribution is 2.37. The molecule has 1 aliphatic carbocycles. The lowest BCUT2D eigenvalue weighted by molar-refractivity contribution is 0.601. The maximum atomic E-state index is 12.3. The topological polar surface area (TPSA) is 75.2 Å². The molecule has 22 heavy (non-hydrogen) atoms. The van der Waals surface area contributed by atoms with E-state index in [1.165, 1.54) is 12.4 Å². The summed E-state index contributed by atoms with van der Waals surface area (Å²) in [5.41, 5.74) is 1.32. The van der Waals surface area contributed by atoms with Crippen molar-refractivity contribution in [3.8, 4) is 0 Å². The molecule has 0 radical (unpaired) electrons. The van der Waals surface area contributed by atoms with E-state index >= 15 is 0 Å². The molecule has 1 fully saturated rings. The van der Waals surface area contributed by atoms with Crippen molar-refractivity contribution >= 4 is 21.4 Å². The summed E-state index contributed by atoms with van der Waals surface area (Å²) in [5, 5.41) is 0. The molecule has 0 spiro atoms. The van der Waals surface area contributed by atoms with Crippen LogP contribution in [0.1, 0.15) is 24.6 Å². The van der Waals surface area contributed by atoms with Crippen molar-refractivity contribution in [3.05, 3.63) is 42.5 Å². The summed E-state index contributed by atoms with van der Waals surface area (Å²) in [7, 11) is 0.185. The van der Waals surface area contributed by atoms with Gasteiger partial charge in [0.1, 0.15) is 5.82 Å². The summed E-state index contributed by atoms with van der Waals surface area (Å²) >= 11 is 0. The average Bonchev–Trinajstić information content (AvgIpc) is 3.32. The zero-order valence-corrected chi connectivity index (χ0v) is 13.3. The van der Waals surface area contributed by atoms with Gasteiger partial charge in [-0.25, -0.2) is 18.4 Å². The summed E-state index contributed by atoms with van der Waals surface area (Å²) in [6, 6.07) is 6.69. The molecular weight excluding hydrogens is 300 g/mol. The number of anilines is 2. The fraction of sp³-hybridized carbons (Fsp3) is 0.333. The summed E-state index contributed by atoms with van der Waals surface area (Å²) in [5.74, 6) is 1.24. The van der Waals surface area contributed by atoms with Crippen LogP contribution < -0.4 is 9.62 Å². The third-order valence-corrected chi connectivity index (χ3v) is 4.93. The minimum Gasteiger partial charge on any atom is -0.378 e. The van der Waals surface area contributed by atoms with Crippen LogP contribution in [0.3, 0.4) is 0 Å². The Morgan fingerprint density at radius 3 is 2.18 bits per heavy atom. The van der Waals surface area contributed by atoms with Crippen LogP contribution in [-0.2, 0) is 10.0 Å². The quantitative estimate of drug-likeness (QED) is 0.915. The van der Waals surface area contributed by atoms with Gasteiger partial charge in [-0.2, -0.15) is 0 Å². The van der Waals surface area contributed by atoms with E-state index in [-0.39, 0.29) is 4.90 Å². The molecule has 0 amide bonds. The Kier molecular flexibility index (Phi) is 3.74. The van der Waals surface area contributed by atoms with E-state index in [9.17, 15) is 8.42 Å². The minimum atomic E-state index is -3.62. The van der Waals surface area contributed by atoms with Crippen LogP contribution in [0.2, 0.25) is 0 Å². The van der Waals surface area contributed by atoms with E-state index in [1.807, 2.05) is 19.0 Å². The zero-order chi connectivity index (χ0) is 15.7. The Morgan fingerprint density at radius 1 is 1.09 bits per heavy atom. The van der Waals surface area contributed by atoms with Crippen LogP contribution in [0, 0.1) is 0 Å². The highest BCUT2D eigenvalue weighted by molar-refractivity contribution is 7.92. The molecule has 116 valence electrons. The summed E-state index contributed by atoms with van der Waals surface area (Å²) in [6.45, 7) is 0. The Balaban J connectivity index is 1.77. The second-order valence-electron chi connectivity index (χ2n) is 5.60. The Hall–Kier alpha value is -2.15. The molecule has 1 heterocycles. The second kappa shape index (κ2) is 5.57. The molecule has 1 aromatic carbocycles. The van der Waals surface area contributed by atoms with Gasteiger partial charge in [0, 0.05) is 25.7 Å². The molecule has 3 rings (SSSR count). The van der Waals surface area contributed by atoms with Crippen molar-refractivity contribution in [3.63, 3.8) is 0 Å². The molecule has 0 saturated heterocycles. The summed E-state index contributed by atoms with van der Waals surface area (Å²) in [6.07, 6.45) is 5.27. The first-order valence-electron chi connectivity index (χ1n) is 7.08. The first kappa shape index (κ1) is 14.8. The van der Waals surface area contributed by atoms with E-state index in [0.29, 0.717) is 11.6 Å². The van der Waals surface area contributed by atoms with E-state index in [4.69, 9.17) is 0 Å². The maximum Gasteiger partial charge on any atom is 0.261 e. The molecule has 1 aromatic heterocycles. The van der Waals surface area contributed by atoms with Crippen molar-refractivity contribution in [2.24, 2.45) is 0 Å². The number of sulfonamides is 1. The van der Waals surface area contributed by atoms with E-state index in [0.717, 1.165) is 24.4 Å². The first-order chi connectivity index (χ1) is 10.5. The summed E-state index contributed by atoms with van der Waals surface area (Å²) in [4.78, 5) is 10.5. The van der Waals surface area contributed by atoms with Crippen LogP contribution in [0.25, 0.3) is 0 Å². The lowest BCUT2D eigenvalue weighted by Crippen LogP contribution is -2.14. The normalized spacial score (nSPS) is 14.6. The highest BCUT2D eigenvalue weighted by Gasteiger charge is 2.26.